The summed E-state index contributed by atoms with van der Waals surface area (Å²) in [6.07, 6.45) is 1.58. The van der Waals surface area contributed by atoms with Crippen LogP contribution in [0.15, 0.2) is 53.2 Å². The summed E-state index contributed by atoms with van der Waals surface area (Å²) in [7, 11) is 0. The minimum absolute atomic E-state index is 0.0505. The number of carbonyl (C=O) groups is 1. The summed E-state index contributed by atoms with van der Waals surface area (Å²) in [5.41, 5.74) is 0.930. The topological polar surface area (TPSA) is 81.8 Å². The third kappa shape index (κ3) is 3.46. The second-order valence-corrected chi connectivity index (χ2v) is 6.46. The molecule has 0 atom stereocenters. The zero-order chi connectivity index (χ0) is 17.3. The van der Waals surface area contributed by atoms with E-state index in [1.807, 2.05) is 24.3 Å². The first-order valence-electron chi connectivity index (χ1n) is 6.66. The third-order valence-corrected chi connectivity index (χ3v) is 4.23. The van der Waals surface area contributed by atoms with Crippen LogP contribution in [0.3, 0.4) is 0 Å². The first-order chi connectivity index (χ1) is 11.4. The molecule has 1 aliphatic rings. The fraction of sp³-hybridized carbons (Fsp3) is 0. The zero-order valence-corrected chi connectivity index (χ0v) is 14.8. The molecule has 0 bridgehead atoms. The Bertz CT molecular complexity index is 907. The van der Waals surface area contributed by atoms with Gasteiger partial charge in [-0.3, -0.25) is 10.1 Å². The van der Waals surface area contributed by atoms with E-state index in [2.05, 4.69) is 27.6 Å². The summed E-state index contributed by atoms with van der Waals surface area (Å²) >= 11 is 8.22. The molecule has 0 saturated carbocycles. The van der Waals surface area contributed by atoms with Crippen LogP contribution in [0, 0.1) is 13.7 Å². The van der Waals surface area contributed by atoms with Crippen molar-refractivity contribution in [3.63, 3.8) is 0 Å². The van der Waals surface area contributed by atoms with Crippen LogP contribution in [-0.4, -0.2) is 16.8 Å². The molecule has 0 spiro atoms. The number of nitro benzene ring substituents is 1. The molecular formula is C16H8ClIN2O4. The second kappa shape index (κ2) is 6.70. The number of ether oxygens (including phenoxy) is 1. The van der Waals surface area contributed by atoms with E-state index >= 15 is 0 Å². The predicted octanol–water partition coefficient (Wildman–Crippen LogP) is 4.20. The van der Waals surface area contributed by atoms with Gasteiger partial charge in [0.1, 0.15) is 0 Å². The lowest BCUT2D eigenvalue weighted by Crippen LogP contribution is -2.06. The van der Waals surface area contributed by atoms with Gasteiger partial charge in [0.25, 0.3) is 5.69 Å². The summed E-state index contributed by atoms with van der Waals surface area (Å²) in [6.45, 7) is 0. The number of nitro groups is 1. The van der Waals surface area contributed by atoms with E-state index < -0.39 is 10.9 Å². The lowest BCUT2D eigenvalue weighted by molar-refractivity contribution is -0.384. The van der Waals surface area contributed by atoms with E-state index in [-0.39, 0.29) is 27.9 Å². The molecule has 6 nitrogen and oxygen atoms in total. The standard InChI is InChI=1S/C16H8ClIN2O4/c17-13-6-5-11(20(22)23)8-12(13)15-19-14(16(21)24-15)7-9-1-3-10(18)4-2-9/h1-8H/b14-7-. The minimum atomic E-state index is -0.633. The van der Waals surface area contributed by atoms with Crippen LogP contribution in [0.1, 0.15) is 11.1 Å². The van der Waals surface area contributed by atoms with Gasteiger partial charge >= 0.3 is 5.97 Å². The Kier molecular flexibility index (Phi) is 4.63. The van der Waals surface area contributed by atoms with Crippen LogP contribution >= 0.6 is 34.2 Å². The van der Waals surface area contributed by atoms with Crippen molar-refractivity contribution in [3.05, 3.63) is 78.0 Å². The van der Waals surface area contributed by atoms with Crippen molar-refractivity contribution >= 4 is 57.8 Å². The average molecular weight is 455 g/mol. The molecule has 0 aliphatic carbocycles. The number of carbonyl (C=O) groups excluding carboxylic acids is 1. The first-order valence-corrected chi connectivity index (χ1v) is 8.12. The van der Waals surface area contributed by atoms with Gasteiger partial charge in [-0.05, 0) is 52.4 Å². The number of halogens is 2. The van der Waals surface area contributed by atoms with Crippen molar-refractivity contribution in [2.75, 3.05) is 0 Å². The van der Waals surface area contributed by atoms with Crippen LogP contribution in [0.4, 0.5) is 5.69 Å². The molecule has 0 saturated heterocycles. The van der Waals surface area contributed by atoms with Gasteiger partial charge < -0.3 is 4.74 Å². The van der Waals surface area contributed by atoms with Crippen LogP contribution in [0.5, 0.6) is 0 Å². The molecule has 2 aromatic carbocycles. The Morgan fingerprint density at radius 3 is 2.58 bits per heavy atom. The van der Waals surface area contributed by atoms with Crippen molar-refractivity contribution in [2.24, 2.45) is 4.99 Å². The molecule has 0 radical (unpaired) electrons. The summed E-state index contributed by atoms with van der Waals surface area (Å²) in [5.74, 6) is -0.684. The molecular weight excluding hydrogens is 447 g/mol. The van der Waals surface area contributed by atoms with Crippen molar-refractivity contribution in [1.82, 2.24) is 0 Å². The Morgan fingerprint density at radius 2 is 1.92 bits per heavy atom. The van der Waals surface area contributed by atoms with Gasteiger partial charge in [0, 0.05) is 15.7 Å². The highest BCUT2D eigenvalue weighted by Gasteiger charge is 2.27. The monoisotopic (exact) mass is 454 g/mol. The number of hydrogen-bond donors (Lipinski definition) is 0. The molecule has 2 aromatic rings. The van der Waals surface area contributed by atoms with Gasteiger partial charge in [0.15, 0.2) is 5.70 Å². The summed E-state index contributed by atoms with van der Waals surface area (Å²) in [5, 5.41) is 11.1. The highest BCUT2D eigenvalue weighted by molar-refractivity contribution is 14.1. The smallest absolute Gasteiger partial charge is 0.363 e. The molecule has 0 N–H and O–H groups in total. The van der Waals surface area contributed by atoms with Gasteiger partial charge in [-0.25, -0.2) is 9.79 Å². The van der Waals surface area contributed by atoms with Gasteiger partial charge in [0.05, 0.1) is 15.5 Å². The maximum atomic E-state index is 12.0. The molecule has 1 heterocycles. The van der Waals surface area contributed by atoms with Crippen LogP contribution in [0.2, 0.25) is 5.02 Å². The van der Waals surface area contributed by atoms with E-state index in [4.69, 9.17) is 16.3 Å². The number of cyclic esters (lactones) is 1. The lowest BCUT2D eigenvalue weighted by Gasteiger charge is -2.02. The maximum Gasteiger partial charge on any atom is 0.363 e. The van der Waals surface area contributed by atoms with Gasteiger partial charge in [-0.2, -0.15) is 0 Å². The average Bonchev–Trinajstić information content (AvgIpc) is 2.90. The third-order valence-electron chi connectivity index (χ3n) is 3.19. The number of benzene rings is 2. The molecule has 8 heteroatoms. The summed E-state index contributed by atoms with van der Waals surface area (Å²) in [6, 6.07) is 11.3. The second-order valence-electron chi connectivity index (χ2n) is 4.81. The Hall–Kier alpha value is -2.26. The van der Waals surface area contributed by atoms with E-state index in [0.717, 1.165) is 9.13 Å². The van der Waals surface area contributed by atoms with Gasteiger partial charge in [-0.15, -0.1) is 0 Å². The van der Waals surface area contributed by atoms with Crippen molar-refractivity contribution < 1.29 is 14.5 Å². The number of aliphatic imine (C=N–C) groups is 1. The minimum Gasteiger partial charge on any atom is -0.402 e. The molecule has 0 aromatic heterocycles. The molecule has 1 aliphatic heterocycles. The van der Waals surface area contributed by atoms with E-state index in [9.17, 15) is 14.9 Å². The number of hydrogen-bond acceptors (Lipinski definition) is 5. The molecule has 24 heavy (non-hydrogen) atoms. The highest BCUT2D eigenvalue weighted by Crippen LogP contribution is 2.27. The zero-order valence-electron chi connectivity index (χ0n) is 11.9. The van der Waals surface area contributed by atoms with Crippen molar-refractivity contribution in [1.29, 1.82) is 0 Å². The van der Waals surface area contributed by atoms with E-state index in [1.54, 1.807) is 6.08 Å². The van der Waals surface area contributed by atoms with Gasteiger partial charge in [0.2, 0.25) is 5.90 Å². The fourth-order valence-corrected chi connectivity index (χ4v) is 2.59. The number of nitrogens with zero attached hydrogens (tertiary/aromatic N) is 2. The fourth-order valence-electron chi connectivity index (χ4n) is 2.03. The molecule has 120 valence electrons. The summed E-state index contributed by atoms with van der Waals surface area (Å²) < 4.78 is 6.17. The van der Waals surface area contributed by atoms with Crippen molar-refractivity contribution in [3.8, 4) is 0 Å². The molecule has 0 amide bonds. The normalized spacial score (nSPS) is 15.3. The van der Waals surface area contributed by atoms with Gasteiger partial charge in [-0.1, -0.05) is 23.7 Å². The van der Waals surface area contributed by atoms with Crippen LogP contribution in [-0.2, 0) is 9.53 Å². The van der Waals surface area contributed by atoms with Crippen LogP contribution < -0.4 is 0 Å². The quantitative estimate of drug-likeness (QED) is 0.229. The Balaban J connectivity index is 1.99. The largest absolute Gasteiger partial charge is 0.402 e. The number of esters is 1. The Morgan fingerprint density at radius 1 is 1.21 bits per heavy atom. The Labute approximate surface area is 155 Å². The molecule has 0 unspecified atom stereocenters. The summed E-state index contributed by atoms with van der Waals surface area (Å²) in [4.78, 5) is 26.4. The predicted molar refractivity (Wildman–Crippen MR) is 97.9 cm³/mol. The van der Waals surface area contributed by atoms with Crippen molar-refractivity contribution in [2.45, 2.75) is 0 Å². The SMILES string of the molecule is O=C1OC(c2cc([N+](=O)[O-])ccc2Cl)=N/C1=C\c1ccc(I)cc1. The first kappa shape index (κ1) is 16.6. The highest BCUT2D eigenvalue weighted by atomic mass is 127. The van der Waals surface area contributed by atoms with E-state index in [0.29, 0.717) is 0 Å². The molecule has 3 rings (SSSR count). The van der Waals surface area contributed by atoms with Crippen LogP contribution in [0.25, 0.3) is 6.08 Å². The lowest BCUT2D eigenvalue weighted by atomic mass is 10.2. The number of non-ortho nitro benzene ring substituents is 1. The molecule has 0 fully saturated rings. The maximum absolute atomic E-state index is 12.0. The van der Waals surface area contributed by atoms with E-state index in [1.165, 1.54) is 18.2 Å². The number of rotatable bonds is 3.